The summed E-state index contributed by atoms with van der Waals surface area (Å²) in [5.41, 5.74) is 0.947. The summed E-state index contributed by atoms with van der Waals surface area (Å²) in [5, 5.41) is 2.32. The molecule has 0 aromatic heterocycles. The number of nitrogens with one attached hydrogen (secondary N) is 1. The Morgan fingerprint density at radius 3 is 2.29 bits per heavy atom. The normalized spacial score (nSPS) is 13.1. The molecule has 0 saturated carbocycles. The van der Waals surface area contributed by atoms with E-state index < -0.39 is 22.1 Å². The average molecular weight is 257 g/mol. The van der Waals surface area contributed by atoms with Gasteiger partial charge in [0.1, 0.15) is 0 Å². The molecule has 0 unspecified atom stereocenters. The number of rotatable bonds is 4. The Bertz CT molecular complexity index is 493. The number of aryl methyl sites for hydroxylation is 1. The predicted octanol–water partition coefficient (Wildman–Crippen LogP) is 0.835. The molecule has 0 radical (unpaired) electrons. The van der Waals surface area contributed by atoms with Crippen LogP contribution in [-0.4, -0.2) is 27.5 Å². The molecule has 0 spiro atoms. The second kappa shape index (κ2) is 5.29. The molecule has 0 fully saturated rings. The maximum atomic E-state index is 11.8. The standard InChI is InChI=1S/C11H15NO4S/c1-8-4-6-10(7-5-8)17(14,15)16-9(2)11(13)12-3/h4-7,9H,1-3H3,(H,12,13)/t9-/m1/s1. The molecule has 1 aromatic carbocycles. The fourth-order valence-electron chi connectivity index (χ4n) is 1.20. The van der Waals surface area contributed by atoms with E-state index in [1.165, 1.54) is 26.1 Å². The van der Waals surface area contributed by atoms with E-state index in [9.17, 15) is 13.2 Å². The summed E-state index contributed by atoms with van der Waals surface area (Å²) in [6.07, 6.45) is -1.05. The number of likely N-dealkylation sites (N-methyl/N-ethyl adjacent to an activating group) is 1. The Labute approximate surface area is 101 Å². The van der Waals surface area contributed by atoms with Crippen molar-refractivity contribution in [1.29, 1.82) is 0 Å². The van der Waals surface area contributed by atoms with Crippen LogP contribution in [0.4, 0.5) is 0 Å². The van der Waals surface area contributed by atoms with E-state index in [2.05, 4.69) is 5.32 Å². The molecule has 6 heteroatoms. The summed E-state index contributed by atoms with van der Waals surface area (Å²) in [6, 6.07) is 6.23. The van der Waals surface area contributed by atoms with Crippen LogP contribution in [-0.2, 0) is 19.1 Å². The van der Waals surface area contributed by atoms with Crippen LogP contribution < -0.4 is 5.32 Å². The first-order chi connectivity index (χ1) is 7.86. The maximum absolute atomic E-state index is 11.8. The quantitative estimate of drug-likeness (QED) is 0.811. The monoisotopic (exact) mass is 257 g/mol. The fourth-order valence-corrected chi connectivity index (χ4v) is 2.25. The molecule has 0 saturated heterocycles. The molecule has 1 N–H and O–H groups in total. The first-order valence-corrected chi connectivity index (χ1v) is 6.49. The van der Waals surface area contributed by atoms with E-state index in [4.69, 9.17) is 4.18 Å². The molecule has 0 heterocycles. The topological polar surface area (TPSA) is 72.5 Å². The first-order valence-electron chi connectivity index (χ1n) is 5.08. The number of amides is 1. The van der Waals surface area contributed by atoms with Crippen molar-refractivity contribution < 1.29 is 17.4 Å². The number of carbonyl (C=O) groups excluding carboxylic acids is 1. The molecule has 0 aliphatic heterocycles. The van der Waals surface area contributed by atoms with Crippen LogP contribution in [0.3, 0.4) is 0 Å². The minimum atomic E-state index is -3.89. The second-order valence-corrected chi connectivity index (χ2v) is 5.19. The highest BCUT2D eigenvalue weighted by Crippen LogP contribution is 2.14. The highest BCUT2D eigenvalue weighted by molar-refractivity contribution is 7.86. The Morgan fingerprint density at radius 2 is 1.82 bits per heavy atom. The molecule has 0 aliphatic rings. The van der Waals surface area contributed by atoms with Crippen molar-refractivity contribution in [3.63, 3.8) is 0 Å². The highest BCUT2D eigenvalue weighted by atomic mass is 32.2. The van der Waals surface area contributed by atoms with Crippen molar-refractivity contribution in [2.45, 2.75) is 24.8 Å². The van der Waals surface area contributed by atoms with E-state index in [1.807, 2.05) is 6.92 Å². The van der Waals surface area contributed by atoms with Crippen molar-refractivity contribution >= 4 is 16.0 Å². The first kappa shape index (κ1) is 13.7. The van der Waals surface area contributed by atoms with Crippen molar-refractivity contribution in [1.82, 2.24) is 5.32 Å². The minimum absolute atomic E-state index is 0.0406. The lowest BCUT2D eigenvalue weighted by Crippen LogP contribution is -2.33. The predicted molar refractivity (Wildman–Crippen MR) is 63.0 cm³/mol. The van der Waals surface area contributed by atoms with Crippen LogP contribution in [0.2, 0.25) is 0 Å². The molecule has 5 nitrogen and oxygen atoms in total. The molecule has 1 rings (SSSR count). The lowest BCUT2D eigenvalue weighted by atomic mass is 10.2. The minimum Gasteiger partial charge on any atom is -0.357 e. The fraction of sp³-hybridized carbons (Fsp3) is 0.364. The zero-order chi connectivity index (χ0) is 13.1. The third-order valence-electron chi connectivity index (χ3n) is 2.20. The molecule has 0 aliphatic carbocycles. The van der Waals surface area contributed by atoms with Crippen LogP contribution in [0, 0.1) is 6.92 Å². The van der Waals surface area contributed by atoms with Gasteiger partial charge in [-0.2, -0.15) is 8.42 Å². The van der Waals surface area contributed by atoms with Gasteiger partial charge in [-0.25, -0.2) is 0 Å². The summed E-state index contributed by atoms with van der Waals surface area (Å²) in [7, 11) is -2.47. The zero-order valence-electron chi connectivity index (χ0n) is 9.93. The zero-order valence-corrected chi connectivity index (χ0v) is 10.7. The molecular weight excluding hydrogens is 242 g/mol. The van der Waals surface area contributed by atoms with Crippen molar-refractivity contribution in [2.24, 2.45) is 0 Å². The SMILES string of the molecule is CNC(=O)[C@@H](C)OS(=O)(=O)c1ccc(C)cc1. The smallest absolute Gasteiger partial charge is 0.297 e. The Morgan fingerprint density at radius 1 is 1.29 bits per heavy atom. The summed E-state index contributed by atoms with van der Waals surface area (Å²) < 4.78 is 28.3. The van der Waals surface area contributed by atoms with Crippen molar-refractivity contribution in [3.8, 4) is 0 Å². The second-order valence-electron chi connectivity index (χ2n) is 3.62. The Hall–Kier alpha value is -1.40. The van der Waals surface area contributed by atoms with Gasteiger partial charge in [-0.3, -0.25) is 8.98 Å². The van der Waals surface area contributed by atoms with Gasteiger partial charge in [0, 0.05) is 7.05 Å². The van der Waals surface area contributed by atoms with E-state index in [-0.39, 0.29) is 4.90 Å². The largest absolute Gasteiger partial charge is 0.357 e. The van der Waals surface area contributed by atoms with Crippen LogP contribution in [0.15, 0.2) is 29.2 Å². The summed E-state index contributed by atoms with van der Waals surface area (Å²) in [5.74, 6) is -0.485. The van der Waals surface area contributed by atoms with Gasteiger partial charge >= 0.3 is 0 Å². The Kier molecular flexibility index (Phi) is 4.25. The van der Waals surface area contributed by atoms with Gasteiger partial charge in [0.25, 0.3) is 10.1 Å². The van der Waals surface area contributed by atoms with Crippen LogP contribution in [0.1, 0.15) is 12.5 Å². The summed E-state index contributed by atoms with van der Waals surface area (Å²) >= 11 is 0. The molecule has 1 atom stereocenters. The van der Waals surface area contributed by atoms with Gasteiger partial charge in [0.2, 0.25) is 5.91 Å². The molecule has 1 amide bonds. The third-order valence-corrected chi connectivity index (χ3v) is 3.59. The van der Waals surface area contributed by atoms with Gasteiger partial charge in [0.05, 0.1) is 4.90 Å². The maximum Gasteiger partial charge on any atom is 0.297 e. The average Bonchev–Trinajstić information content (AvgIpc) is 2.27. The number of hydrogen-bond donors (Lipinski definition) is 1. The molecule has 94 valence electrons. The molecule has 1 aromatic rings. The van der Waals surface area contributed by atoms with E-state index in [1.54, 1.807) is 12.1 Å². The third kappa shape index (κ3) is 3.54. The van der Waals surface area contributed by atoms with Gasteiger partial charge < -0.3 is 5.32 Å². The van der Waals surface area contributed by atoms with E-state index >= 15 is 0 Å². The highest BCUT2D eigenvalue weighted by Gasteiger charge is 2.22. The van der Waals surface area contributed by atoms with Gasteiger partial charge in [-0.1, -0.05) is 17.7 Å². The van der Waals surface area contributed by atoms with Crippen LogP contribution in [0.25, 0.3) is 0 Å². The molecule has 17 heavy (non-hydrogen) atoms. The van der Waals surface area contributed by atoms with E-state index in [0.717, 1.165) is 5.56 Å². The van der Waals surface area contributed by atoms with Gasteiger partial charge in [0.15, 0.2) is 6.10 Å². The Balaban J connectivity index is 2.89. The van der Waals surface area contributed by atoms with Gasteiger partial charge in [-0.05, 0) is 26.0 Å². The van der Waals surface area contributed by atoms with Gasteiger partial charge in [-0.15, -0.1) is 0 Å². The van der Waals surface area contributed by atoms with Crippen LogP contribution in [0.5, 0.6) is 0 Å². The lowest BCUT2D eigenvalue weighted by molar-refractivity contribution is -0.126. The number of carbonyl (C=O) groups is 1. The van der Waals surface area contributed by atoms with Crippen molar-refractivity contribution in [2.75, 3.05) is 7.05 Å². The molecular formula is C11H15NO4S. The number of benzene rings is 1. The number of hydrogen-bond acceptors (Lipinski definition) is 4. The van der Waals surface area contributed by atoms with Crippen molar-refractivity contribution in [3.05, 3.63) is 29.8 Å². The lowest BCUT2D eigenvalue weighted by Gasteiger charge is -2.11. The summed E-state index contributed by atoms with van der Waals surface area (Å²) in [6.45, 7) is 3.23. The van der Waals surface area contributed by atoms with E-state index in [0.29, 0.717) is 0 Å². The summed E-state index contributed by atoms with van der Waals surface area (Å²) in [4.78, 5) is 11.2. The van der Waals surface area contributed by atoms with Crippen LogP contribution >= 0.6 is 0 Å². The molecule has 0 bridgehead atoms.